The van der Waals surface area contributed by atoms with Crippen LogP contribution in [-0.2, 0) is 0 Å². The van der Waals surface area contributed by atoms with Crippen molar-refractivity contribution in [2.24, 2.45) is 11.7 Å². The molecule has 3 nitrogen and oxygen atoms in total. The van der Waals surface area contributed by atoms with Gasteiger partial charge >= 0.3 is 0 Å². The molecule has 0 bridgehead atoms. The standard InChI is InChI=1S/C14H22N2OS/c1-10(2)11(3)18-9-8-17-13-6-4-12(5-7-13)14(15)16/h4-7,10-11H,8-9H2,1-3H3,(H3,15,16). The van der Waals surface area contributed by atoms with Gasteiger partial charge in [-0.15, -0.1) is 0 Å². The first-order valence-electron chi connectivity index (χ1n) is 6.19. The number of nitrogens with two attached hydrogens (primary N) is 1. The van der Waals surface area contributed by atoms with Crippen LogP contribution in [-0.4, -0.2) is 23.4 Å². The molecule has 1 rings (SSSR count). The van der Waals surface area contributed by atoms with Gasteiger partial charge in [-0.2, -0.15) is 11.8 Å². The molecular formula is C14H22N2OS. The molecule has 1 atom stereocenters. The first kappa shape index (κ1) is 14.9. The first-order chi connectivity index (χ1) is 8.50. The highest BCUT2D eigenvalue weighted by molar-refractivity contribution is 7.99. The second kappa shape index (κ2) is 7.31. The highest BCUT2D eigenvalue weighted by Crippen LogP contribution is 2.19. The van der Waals surface area contributed by atoms with Gasteiger partial charge < -0.3 is 10.5 Å². The van der Waals surface area contributed by atoms with Gasteiger partial charge in [0.15, 0.2) is 0 Å². The van der Waals surface area contributed by atoms with E-state index in [0.717, 1.165) is 17.1 Å². The summed E-state index contributed by atoms with van der Waals surface area (Å²) < 4.78 is 5.64. The maximum absolute atomic E-state index is 7.29. The third kappa shape index (κ3) is 5.00. The molecule has 0 aliphatic carbocycles. The van der Waals surface area contributed by atoms with Gasteiger partial charge in [-0.05, 0) is 30.2 Å². The second-order valence-electron chi connectivity index (χ2n) is 4.61. The van der Waals surface area contributed by atoms with Crippen LogP contribution in [0.4, 0.5) is 0 Å². The number of amidine groups is 1. The van der Waals surface area contributed by atoms with Gasteiger partial charge in [0.05, 0.1) is 6.61 Å². The van der Waals surface area contributed by atoms with E-state index in [-0.39, 0.29) is 5.84 Å². The smallest absolute Gasteiger partial charge is 0.122 e. The third-order valence-electron chi connectivity index (χ3n) is 2.84. The second-order valence-corrected chi connectivity index (χ2v) is 6.09. The van der Waals surface area contributed by atoms with Crippen LogP contribution in [0.25, 0.3) is 0 Å². The lowest BCUT2D eigenvalue weighted by atomic mass is 10.2. The molecule has 0 saturated heterocycles. The fraction of sp³-hybridized carbons (Fsp3) is 0.500. The van der Waals surface area contributed by atoms with Crippen molar-refractivity contribution in [2.75, 3.05) is 12.4 Å². The quantitative estimate of drug-likeness (QED) is 0.453. The number of benzene rings is 1. The lowest BCUT2D eigenvalue weighted by Crippen LogP contribution is -2.11. The van der Waals surface area contributed by atoms with E-state index >= 15 is 0 Å². The molecule has 1 aromatic carbocycles. The number of hydrogen-bond acceptors (Lipinski definition) is 3. The van der Waals surface area contributed by atoms with Gasteiger partial charge in [-0.3, -0.25) is 5.41 Å². The number of ether oxygens (including phenoxy) is 1. The van der Waals surface area contributed by atoms with Crippen molar-refractivity contribution in [3.8, 4) is 5.75 Å². The van der Waals surface area contributed by atoms with Crippen LogP contribution < -0.4 is 10.5 Å². The van der Waals surface area contributed by atoms with Gasteiger partial charge in [0.25, 0.3) is 0 Å². The summed E-state index contributed by atoms with van der Waals surface area (Å²) in [4.78, 5) is 0. The maximum Gasteiger partial charge on any atom is 0.122 e. The Bertz CT molecular complexity index is 376. The summed E-state index contributed by atoms with van der Waals surface area (Å²) in [5.74, 6) is 2.61. The van der Waals surface area contributed by atoms with Crippen LogP contribution in [0.2, 0.25) is 0 Å². The number of nitrogens with one attached hydrogen (secondary N) is 1. The zero-order valence-corrected chi connectivity index (χ0v) is 12.1. The van der Waals surface area contributed by atoms with Gasteiger partial charge in [0, 0.05) is 16.6 Å². The predicted octanol–water partition coefficient (Wildman–Crippen LogP) is 3.13. The molecule has 100 valence electrons. The minimum absolute atomic E-state index is 0.0860. The first-order valence-corrected chi connectivity index (χ1v) is 7.24. The van der Waals surface area contributed by atoms with Crippen molar-refractivity contribution in [3.63, 3.8) is 0 Å². The number of hydrogen-bond donors (Lipinski definition) is 2. The molecule has 0 fully saturated rings. The summed E-state index contributed by atoms with van der Waals surface area (Å²) in [5.41, 5.74) is 6.11. The highest BCUT2D eigenvalue weighted by Gasteiger charge is 2.06. The van der Waals surface area contributed by atoms with Crippen LogP contribution >= 0.6 is 11.8 Å². The van der Waals surface area contributed by atoms with Gasteiger partial charge in [-0.1, -0.05) is 20.8 Å². The van der Waals surface area contributed by atoms with Gasteiger partial charge in [0.2, 0.25) is 0 Å². The van der Waals surface area contributed by atoms with E-state index < -0.39 is 0 Å². The molecule has 4 heteroatoms. The van der Waals surface area contributed by atoms with E-state index in [2.05, 4.69) is 20.8 Å². The maximum atomic E-state index is 7.29. The molecule has 1 aromatic rings. The van der Waals surface area contributed by atoms with Crippen molar-refractivity contribution >= 4 is 17.6 Å². The summed E-state index contributed by atoms with van der Waals surface area (Å²) in [7, 11) is 0. The lowest BCUT2D eigenvalue weighted by Gasteiger charge is -2.15. The topological polar surface area (TPSA) is 59.1 Å². The van der Waals surface area contributed by atoms with Crippen LogP contribution in [0.15, 0.2) is 24.3 Å². The third-order valence-corrected chi connectivity index (χ3v) is 4.31. The van der Waals surface area contributed by atoms with E-state index in [4.69, 9.17) is 15.9 Å². The summed E-state index contributed by atoms with van der Waals surface area (Å²) >= 11 is 1.93. The van der Waals surface area contributed by atoms with Crippen molar-refractivity contribution in [1.29, 1.82) is 5.41 Å². The normalized spacial score (nSPS) is 12.4. The van der Waals surface area contributed by atoms with E-state index in [0.29, 0.717) is 17.8 Å². The van der Waals surface area contributed by atoms with Gasteiger partial charge in [0.1, 0.15) is 11.6 Å². The Morgan fingerprint density at radius 1 is 1.28 bits per heavy atom. The minimum Gasteiger partial charge on any atom is -0.493 e. The van der Waals surface area contributed by atoms with Crippen molar-refractivity contribution in [3.05, 3.63) is 29.8 Å². The Hall–Kier alpha value is -1.16. The molecule has 1 unspecified atom stereocenters. The number of rotatable bonds is 7. The number of thioether (sulfide) groups is 1. The molecule has 0 heterocycles. The largest absolute Gasteiger partial charge is 0.493 e. The van der Waals surface area contributed by atoms with E-state index in [1.807, 2.05) is 36.0 Å². The average Bonchev–Trinajstić information content (AvgIpc) is 2.34. The fourth-order valence-electron chi connectivity index (χ4n) is 1.32. The minimum atomic E-state index is 0.0860. The zero-order valence-electron chi connectivity index (χ0n) is 11.3. The predicted molar refractivity (Wildman–Crippen MR) is 79.7 cm³/mol. The molecule has 3 N–H and O–H groups in total. The molecule has 0 spiro atoms. The average molecular weight is 266 g/mol. The van der Waals surface area contributed by atoms with E-state index in [1.165, 1.54) is 0 Å². The summed E-state index contributed by atoms with van der Waals surface area (Å²) in [6.45, 7) is 7.43. The summed E-state index contributed by atoms with van der Waals surface area (Å²) in [6.07, 6.45) is 0. The number of nitrogen functional groups attached to an aromatic ring is 1. The SMILES string of the molecule is CC(C)C(C)SCCOc1ccc(C(=N)N)cc1. The highest BCUT2D eigenvalue weighted by atomic mass is 32.2. The molecule has 0 radical (unpaired) electrons. The molecule has 0 aliphatic rings. The van der Waals surface area contributed by atoms with Crippen LogP contribution in [0.3, 0.4) is 0 Å². The Labute approximate surface area is 114 Å². The lowest BCUT2D eigenvalue weighted by molar-refractivity contribution is 0.343. The van der Waals surface area contributed by atoms with Gasteiger partial charge in [-0.25, -0.2) is 0 Å². The molecule has 0 amide bonds. The van der Waals surface area contributed by atoms with Crippen molar-refractivity contribution in [2.45, 2.75) is 26.0 Å². The van der Waals surface area contributed by atoms with E-state index in [9.17, 15) is 0 Å². The Morgan fingerprint density at radius 2 is 1.89 bits per heavy atom. The molecule has 0 aromatic heterocycles. The summed E-state index contributed by atoms with van der Waals surface area (Å²) in [6, 6.07) is 7.32. The van der Waals surface area contributed by atoms with Crippen molar-refractivity contribution in [1.82, 2.24) is 0 Å². The zero-order chi connectivity index (χ0) is 13.5. The van der Waals surface area contributed by atoms with Crippen LogP contribution in [0.1, 0.15) is 26.3 Å². The van der Waals surface area contributed by atoms with Crippen molar-refractivity contribution < 1.29 is 4.74 Å². The van der Waals surface area contributed by atoms with E-state index in [1.54, 1.807) is 0 Å². The molecule has 18 heavy (non-hydrogen) atoms. The fourth-order valence-corrected chi connectivity index (χ4v) is 2.25. The van der Waals surface area contributed by atoms with Crippen LogP contribution in [0.5, 0.6) is 5.75 Å². The Kier molecular flexibility index (Phi) is 6.05. The monoisotopic (exact) mass is 266 g/mol. The molecule has 0 saturated carbocycles. The Morgan fingerprint density at radius 3 is 2.39 bits per heavy atom. The Balaban J connectivity index is 2.29. The summed E-state index contributed by atoms with van der Waals surface area (Å²) in [5, 5.41) is 7.96. The molecule has 0 aliphatic heterocycles. The molecular weight excluding hydrogens is 244 g/mol. The van der Waals surface area contributed by atoms with Crippen LogP contribution in [0, 0.1) is 11.3 Å².